The van der Waals surface area contributed by atoms with Crippen LogP contribution in [-0.4, -0.2) is 59.0 Å². The van der Waals surface area contributed by atoms with E-state index in [2.05, 4.69) is 26.8 Å². The van der Waals surface area contributed by atoms with Gasteiger partial charge in [0.05, 0.1) is 5.69 Å². The highest BCUT2D eigenvalue weighted by Crippen LogP contribution is 2.10. The second-order valence-electron chi connectivity index (χ2n) is 4.32. The number of likely N-dealkylation sites (N-methyl/N-ethyl adjacent to an activating group) is 1. The van der Waals surface area contributed by atoms with Gasteiger partial charge in [-0.3, -0.25) is 14.9 Å². The maximum Gasteiger partial charge on any atom is 0.0726 e. The number of hydrogen-bond acceptors (Lipinski definition) is 5. The second-order valence-corrected chi connectivity index (χ2v) is 4.32. The molecular formula is C11H19N5. The molecule has 1 fully saturated rings. The minimum Gasteiger partial charge on any atom is -0.329 e. The summed E-state index contributed by atoms with van der Waals surface area (Å²) in [5, 5.41) is 0. The van der Waals surface area contributed by atoms with Gasteiger partial charge >= 0.3 is 0 Å². The van der Waals surface area contributed by atoms with Crippen molar-refractivity contribution in [1.29, 1.82) is 0 Å². The molecule has 1 aromatic rings. The number of nitrogens with zero attached hydrogens (tertiary/aromatic N) is 4. The van der Waals surface area contributed by atoms with Crippen molar-refractivity contribution in [2.24, 2.45) is 5.73 Å². The fraction of sp³-hybridized carbons (Fsp3) is 0.636. The first-order valence-electron chi connectivity index (χ1n) is 5.67. The average molecular weight is 221 g/mol. The van der Waals surface area contributed by atoms with Gasteiger partial charge in [0, 0.05) is 57.4 Å². The molecule has 88 valence electrons. The largest absolute Gasteiger partial charge is 0.329 e. The second kappa shape index (κ2) is 5.34. The summed E-state index contributed by atoms with van der Waals surface area (Å²) < 4.78 is 0. The summed E-state index contributed by atoms with van der Waals surface area (Å²) in [4.78, 5) is 13.1. The van der Waals surface area contributed by atoms with E-state index >= 15 is 0 Å². The van der Waals surface area contributed by atoms with Crippen LogP contribution in [0, 0.1) is 0 Å². The first kappa shape index (κ1) is 11.4. The number of piperazine rings is 1. The van der Waals surface area contributed by atoms with Crippen LogP contribution in [0.2, 0.25) is 0 Å². The van der Waals surface area contributed by atoms with Crippen LogP contribution < -0.4 is 5.73 Å². The molecule has 0 radical (unpaired) electrons. The highest BCUT2D eigenvalue weighted by Gasteiger charge is 2.24. The van der Waals surface area contributed by atoms with Crippen molar-refractivity contribution in [3.8, 4) is 0 Å². The van der Waals surface area contributed by atoms with Crippen LogP contribution >= 0.6 is 0 Å². The molecule has 1 aromatic heterocycles. The summed E-state index contributed by atoms with van der Waals surface area (Å²) in [6.45, 7) is 4.73. The van der Waals surface area contributed by atoms with Crippen LogP contribution in [-0.2, 0) is 6.54 Å². The lowest BCUT2D eigenvalue weighted by Gasteiger charge is -2.39. The average Bonchev–Trinajstić information content (AvgIpc) is 2.33. The summed E-state index contributed by atoms with van der Waals surface area (Å²) in [5.74, 6) is 0. The minimum atomic E-state index is 0.431. The van der Waals surface area contributed by atoms with Crippen molar-refractivity contribution >= 4 is 0 Å². The third-order valence-electron chi connectivity index (χ3n) is 3.06. The van der Waals surface area contributed by atoms with Gasteiger partial charge in [-0.15, -0.1) is 0 Å². The van der Waals surface area contributed by atoms with E-state index in [0.717, 1.165) is 31.9 Å². The first-order chi connectivity index (χ1) is 7.79. The van der Waals surface area contributed by atoms with Gasteiger partial charge < -0.3 is 10.6 Å². The van der Waals surface area contributed by atoms with E-state index in [0.29, 0.717) is 12.6 Å². The van der Waals surface area contributed by atoms with E-state index in [1.165, 1.54) is 0 Å². The van der Waals surface area contributed by atoms with Crippen LogP contribution in [0.3, 0.4) is 0 Å². The van der Waals surface area contributed by atoms with Crippen LogP contribution in [0.5, 0.6) is 0 Å². The van der Waals surface area contributed by atoms with E-state index in [1.807, 2.05) is 6.20 Å². The fourth-order valence-corrected chi connectivity index (χ4v) is 2.10. The molecule has 5 nitrogen and oxygen atoms in total. The van der Waals surface area contributed by atoms with Crippen molar-refractivity contribution in [3.63, 3.8) is 0 Å². The van der Waals surface area contributed by atoms with Crippen LogP contribution in [0.4, 0.5) is 0 Å². The normalized spacial score (nSPS) is 23.5. The van der Waals surface area contributed by atoms with Gasteiger partial charge in [-0.05, 0) is 7.05 Å². The Morgan fingerprint density at radius 1 is 1.44 bits per heavy atom. The van der Waals surface area contributed by atoms with Crippen molar-refractivity contribution in [1.82, 2.24) is 19.8 Å². The zero-order valence-electron chi connectivity index (χ0n) is 9.71. The summed E-state index contributed by atoms with van der Waals surface area (Å²) in [6.07, 6.45) is 5.27. The molecule has 0 aliphatic carbocycles. The number of aromatic nitrogens is 2. The summed E-state index contributed by atoms with van der Waals surface area (Å²) in [7, 11) is 2.14. The van der Waals surface area contributed by atoms with Crippen molar-refractivity contribution < 1.29 is 0 Å². The Kier molecular flexibility index (Phi) is 3.82. The molecule has 5 heteroatoms. The predicted molar refractivity (Wildman–Crippen MR) is 62.8 cm³/mol. The lowest BCUT2D eigenvalue weighted by Crippen LogP contribution is -2.54. The SMILES string of the molecule is CN1CCN(Cc2cnccn2)C(CN)C1. The Morgan fingerprint density at radius 2 is 2.31 bits per heavy atom. The molecule has 1 aliphatic heterocycles. The lowest BCUT2D eigenvalue weighted by atomic mass is 10.1. The molecule has 1 aliphatic rings. The third-order valence-corrected chi connectivity index (χ3v) is 3.06. The fourth-order valence-electron chi connectivity index (χ4n) is 2.10. The highest BCUT2D eigenvalue weighted by atomic mass is 15.3. The Labute approximate surface area is 96.3 Å². The maximum absolute atomic E-state index is 5.81. The van der Waals surface area contributed by atoms with E-state index < -0.39 is 0 Å². The monoisotopic (exact) mass is 221 g/mol. The van der Waals surface area contributed by atoms with Crippen LogP contribution in [0.1, 0.15) is 5.69 Å². The molecule has 2 N–H and O–H groups in total. The zero-order chi connectivity index (χ0) is 11.4. The van der Waals surface area contributed by atoms with Gasteiger partial charge in [-0.1, -0.05) is 0 Å². The maximum atomic E-state index is 5.81. The number of rotatable bonds is 3. The first-order valence-corrected chi connectivity index (χ1v) is 5.67. The Bertz CT molecular complexity index is 315. The number of hydrogen-bond donors (Lipinski definition) is 1. The Hall–Kier alpha value is -1.04. The molecule has 1 unspecified atom stereocenters. The summed E-state index contributed by atoms with van der Waals surface area (Å²) in [5.41, 5.74) is 6.82. The zero-order valence-corrected chi connectivity index (χ0v) is 9.71. The standard InChI is InChI=1S/C11H19N5/c1-15-4-5-16(11(6-12)9-15)8-10-7-13-2-3-14-10/h2-3,7,11H,4-6,8-9,12H2,1H3. The van der Waals surface area contributed by atoms with Crippen molar-refractivity contribution in [3.05, 3.63) is 24.3 Å². The van der Waals surface area contributed by atoms with Gasteiger partial charge in [-0.2, -0.15) is 0 Å². The van der Waals surface area contributed by atoms with Gasteiger partial charge in [0.1, 0.15) is 0 Å². The molecule has 0 spiro atoms. The molecule has 1 atom stereocenters. The Balaban J connectivity index is 1.98. The van der Waals surface area contributed by atoms with Gasteiger partial charge in [0.15, 0.2) is 0 Å². The molecule has 2 heterocycles. The molecular weight excluding hydrogens is 202 g/mol. The lowest BCUT2D eigenvalue weighted by molar-refractivity contribution is 0.0869. The van der Waals surface area contributed by atoms with Gasteiger partial charge in [0.2, 0.25) is 0 Å². The molecule has 0 aromatic carbocycles. The van der Waals surface area contributed by atoms with Crippen LogP contribution in [0.25, 0.3) is 0 Å². The van der Waals surface area contributed by atoms with Crippen LogP contribution in [0.15, 0.2) is 18.6 Å². The predicted octanol–water partition coefficient (Wildman–Crippen LogP) is -0.449. The summed E-state index contributed by atoms with van der Waals surface area (Å²) in [6, 6.07) is 0.431. The molecule has 2 rings (SSSR count). The molecule has 16 heavy (non-hydrogen) atoms. The topological polar surface area (TPSA) is 58.3 Å². The van der Waals surface area contributed by atoms with Gasteiger partial charge in [-0.25, -0.2) is 0 Å². The Morgan fingerprint density at radius 3 is 3.00 bits per heavy atom. The number of nitrogens with two attached hydrogens (primary N) is 1. The quantitative estimate of drug-likeness (QED) is 0.749. The van der Waals surface area contributed by atoms with E-state index in [1.54, 1.807) is 12.4 Å². The molecule has 0 bridgehead atoms. The summed E-state index contributed by atoms with van der Waals surface area (Å²) >= 11 is 0. The molecule has 1 saturated heterocycles. The molecule has 0 saturated carbocycles. The van der Waals surface area contributed by atoms with Crippen molar-refractivity contribution in [2.75, 3.05) is 33.2 Å². The smallest absolute Gasteiger partial charge is 0.0726 e. The van der Waals surface area contributed by atoms with E-state index in [4.69, 9.17) is 5.73 Å². The van der Waals surface area contributed by atoms with E-state index in [-0.39, 0.29) is 0 Å². The van der Waals surface area contributed by atoms with E-state index in [9.17, 15) is 0 Å². The highest BCUT2D eigenvalue weighted by molar-refractivity contribution is 4.96. The third kappa shape index (κ3) is 2.75. The van der Waals surface area contributed by atoms with Crippen molar-refractivity contribution in [2.45, 2.75) is 12.6 Å². The molecule has 0 amide bonds. The minimum absolute atomic E-state index is 0.431. The van der Waals surface area contributed by atoms with Gasteiger partial charge in [0.25, 0.3) is 0 Å².